The second-order valence-electron chi connectivity index (χ2n) is 25.0. The topological polar surface area (TPSA) is 75.7 Å². The van der Waals surface area contributed by atoms with Crippen LogP contribution in [0.25, 0.3) is 0 Å². The molecule has 3 saturated carbocycles. The Kier molecular flexibility index (Phi) is 27.4. The first-order valence-electron chi connectivity index (χ1n) is 30.0. The highest BCUT2D eigenvalue weighted by molar-refractivity contribution is 5.78. The molecule has 0 aromatic rings. The third-order valence-corrected chi connectivity index (χ3v) is 19.2. The zero-order valence-electron chi connectivity index (χ0n) is 46.5. The van der Waals surface area contributed by atoms with E-state index in [1.807, 2.05) is 0 Å². The van der Waals surface area contributed by atoms with Gasteiger partial charge in [0.1, 0.15) is 12.4 Å². The molecule has 4 rings (SSSR count). The molecule has 1 N–H and O–H groups in total. The fraction of sp³-hybridized carbons (Fsp3) is 0.919. The van der Waals surface area contributed by atoms with E-state index < -0.39 is 0 Å². The van der Waals surface area contributed by atoms with Crippen molar-refractivity contribution in [2.45, 2.75) is 273 Å². The predicted octanol–water partition coefficient (Wildman–Crippen LogP) is 16.7. The lowest BCUT2D eigenvalue weighted by Crippen LogP contribution is -2.50. The number of hydrogen-bond acceptors (Lipinski definition) is 5. The molecule has 0 bridgehead atoms. The maximum absolute atomic E-state index is 13.5. The van der Waals surface area contributed by atoms with Crippen molar-refractivity contribution in [3.63, 3.8) is 0 Å². The van der Waals surface area contributed by atoms with E-state index in [2.05, 4.69) is 78.9 Å². The summed E-state index contributed by atoms with van der Waals surface area (Å²) < 4.78 is 6.07. The number of rotatable bonds is 37. The molecule has 394 valence electrons. The van der Waals surface area contributed by atoms with E-state index >= 15 is 0 Å². The van der Waals surface area contributed by atoms with E-state index in [0.29, 0.717) is 29.7 Å². The number of nitrogens with zero attached hydrogens (tertiary/aromatic N) is 1. The molecule has 10 unspecified atom stereocenters. The quantitative estimate of drug-likeness (QED) is 0.0291. The van der Waals surface area contributed by atoms with Gasteiger partial charge in [-0.25, -0.2) is 0 Å². The Balaban J connectivity index is 1.16. The second-order valence-corrected chi connectivity index (χ2v) is 25.0. The number of aldehydes is 1. The minimum absolute atomic E-state index is 0.00193. The minimum Gasteiger partial charge on any atom is -0.462 e. The van der Waals surface area contributed by atoms with Crippen molar-refractivity contribution in [2.24, 2.45) is 64.1 Å². The Morgan fingerprint density at radius 2 is 1.37 bits per heavy atom. The number of ether oxygens (including phenoxy) is 1. The first kappa shape index (κ1) is 58.9. The van der Waals surface area contributed by atoms with Gasteiger partial charge >= 0.3 is 5.97 Å². The lowest BCUT2D eigenvalue weighted by Gasteiger charge is -2.59. The number of nitrogens with one attached hydrogen (secondary N) is 1. The molecule has 0 radical (unpaired) electrons. The van der Waals surface area contributed by atoms with Crippen molar-refractivity contribution in [1.82, 2.24) is 10.2 Å². The van der Waals surface area contributed by atoms with Gasteiger partial charge in [0.2, 0.25) is 5.91 Å². The van der Waals surface area contributed by atoms with Crippen molar-refractivity contribution in [1.29, 1.82) is 0 Å². The Hall–Kier alpha value is -1.69. The highest BCUT2D eigenvalue weighted by Crippen LogP contribution is 2.68. The summed E-state index contributed by atoms with van der Waals surface area (Å²) in [6.45, 7) is 18.7. The zero-order chi connectivity index (χ0) is 49.4. The number of esters is 1. The van der Waals surface area contributed by atoms with Gasteiger partial charge in [0, 0.05) is 24.8 Å². The van der Waals surface area contributed by atoms with Gasteiger partial charge in [0.05, 0.1) is 0 Å². The monoisotopic (exact) mass is 949 g/mol. The molecule has 4 aliphatic carbocycles. The van der Waals surface area contributed by atoms with Crippen LogP contribution in [0.15, 0.2) is 11.6 Å². The highest BCUT2D eigenvalue weighted by atomic mass is 16.5. The number of amides is 1. The molecule has 3 fully saturated rings. The average Bonchev–Trinajstić information content (AvgIpc) is 3.67. The van der Waals surface area contributed by atoms with Crippen LogP contribution in [0.1, 0.15) is 267 Å². The largest absolute Gasteiger partial charge is 0.462 e. The molecule has 0 spiro atoms. The van der Waals surface area contributed by atoms with Crippen LogP contribution < -0.4 is 5.32 Å². The van der Waals surface area contributed by atoms with Crippen molar-refractivity contribution < 1.29 is 19.1 Å². The number of unbranched alkanes of at least 4 members (excludes halogenated alkanes) is 13. The molecule has 0 aliphatic heterocycles. The molecule has 68 heavy (non-hydrogen) atoms. The fourth-order valence-corrected chi connectivity index (χ4v) is 14.8. The number of carbonyl (C=O) groups is 3. The van der Waals surface area contributed by atoms with Gasteiger partial charge in [-0.15, -0.1) is 0 Å². The third kappa shape index (κ3) is 18.7. The SMILES string of the molecule is CCCCCCCCC(CCCCCCCC)OC(=O)CCCCNC(=O)C(CCCCCC(C=O)C1CCC2(C)C(=CCC3C2CCC2(C)C(C(C)CCCC(C)C)CCC32)C1)CCN(C)C. The molecule has 6 heteroatoms. The summed E-state index contributed by atoms with van der Waals surface area (Å²) in [7, 11) is 4.17. The molecule has 0 aromatic heterocycles. The molecular formula is C62H112N2O4. The Labute approximate surface area is 421 Å². The lowest BCUT2D eigenvalue weighted by atomic mass is 9.46. The summed E-state index contributed by atoms with van der Waals surface area (Å²) in [5.41, 5.74) is 2.56. The van der Waals surface area contributed by atoms with Gasteiger partial charge in [-0.2, -0.15) is 0 Å². The Morgan fingerprint density at radius 3 is 2.03 bits per heavy atom. The summed E-state index contributed by atoms with van der Waals surface area (Å²) in [5.74, 6) is 5.87. The van der Waals surface area contributed by atoms with Crippen LogP contribution in [-0.2, 0) is 19.1 Å². The van der Waals surface area contributed by atoms with Crippen molar-refractivity contribution >= 4 is 18.2 Å². The van der Waals surface area contributed by atoms with Gasteiger partial charge in [0.25, 0.3) is 0 Å². The van der Waals surface area contributed by atoms with Gasteiger partial charge in [-0.3, -0.25) is 9.59 Å². The van der Waals surface area contributed by atoms with Crippen LogP contribution in [0.4, 0.5) is 0 Å². The summed E-state index contributed by atoms with van der Waals surface area (Å²) in [4.78, 5) is 41.3. The van der Waals surface area contributed by atoms with E-state index in [9.17, 15) is 14.4 Å². The second kappa shape index (κ2) is 31.7. The lowest BCUT2D eigenvalue weighted by molar-refractivity contribution is -0.150. The first-order valence-corrected chi connectivity index (χ1v) is 30.0. The number of allylic oxidation sites excluding steroid dienone is 2. The van der Waals surface area contributed by atoms with Gasteiger partial charge < -0.3 is 19.7 Å². The molecule has 6 nitrogen and oxygen atoms in total. The summed E-state index contributed by atoms with van der Waals surface area (Å²) in [6.07, 6.45) is 43.9. The van der Waals surface area contributed by atoms with Crippen LogP contribution in [0.5, 0.6) is 0 Å². The van der Waals surface area contributed by atoms with Crippen LogP contribution in [0.3, 0.4) is 0 Å². The minimum atomic E-state index is -0.0632. The Morgan fingerprint density at radius 1 is 0.721 bits per heavy atom. The van der Waals surface area contributed by atoms with E-state index in [1.165, 1.54) is 135 Å². The van der Waals surface area contributed by atoms with E-state index in [1.54, 1.807) is 5.57 Å². The van der Waals surface area contributed by atoms with E-state index in [0.717, 1.165) is 126 Å². The average molecular weight is 950 g/mol. The summed E-state index contributed by atoms with van der Waals surface area (Å²) >= 11 is 0. The van der Waals surface area contributed by atoms with Gasteiger partial charge in [-0.05, 0) is 182 Å². The zero-order valence-corrected chi connectivity index (χ0v) is 46.5. The van der Waals surface area contributed by atoms with Crippen molar-refractivity contribution in [3.8, 4) is 0 Å². The first-order chi connectivity index (χ1) is 32.8. The van der Waals surface area contributed by atoms with E-state index in [4.69, 9.17) is 4.74 Å². The molecule has 0 heterocycles. The molecule has 4 aliphatic rings. The molecule has 0 aromatic carbocycles. The Bertz CT molecular complexity index is 1430. The third-order valence-electron chi connectivity index (χ3n) is 19.2. The molecular weight excluding hydrogens is 837 g/mol. The number of carbonyl (C=O) groups excluding carboxylic acids is 3. The van der Waals surface area contributed by atoms with E-state index in [-0.39, 0.29) is 29.8 Å². The smallest absolute Gasteiger partial charge is 0.306 e. The molecule has 0 saturated heterocycles. The fourth-order valence-electron chi connectivity index (χ4n) is 14.8. The normalized spacial score (nSPS) is 27.1. The van der Waals surface area contributed by atoms with Crippen LogP contribution >= 0.6 is 0 Å². The molecule has 1 amide bonds. The van der Waals surface area contributed by atoms with Crippen molar-refractivity contribution in [2.75, 3.05) is 27.2 Å². The molecule has 10 atom stereocenters. The maximum Gasteiger partial charge on any atom is 0.306 e. The van der Waals surface area contributed by atoms with Crippen molar-refractivity contribution in [3.05, 3.63) is 11.6 Å². The van der Waals surface area contributed by atoms with Crippen LogP contribution in [0.2, 0.25) is 0 Å². The number of hydrogen-bond donors (Lipinski definition) is 1. The highest BCUT2D eigenvalue weighted by Gasteiger charge is 2.59. The van der Waals surface area contributed by atoms with Crippen LogP contribution in [0, 0.1) is 64.1 Å². The summed E-state index contributed by atoms with van der Waals surface area (Å²) in [5, 5.41) is 3.24. The maximum atomic E-state index is 13.5. The van der Waals surface area contributed by atoms with Gasteiger partial charge in [0.15, 0.2) is 0 Å². The summed E-state index contributed by atoms with van der Waals surface area (Å²) in [6, 6.07) is 0. The standard InChI is InChI=1S/C62H112N2O4/c1-10-12-14-16-18-23-32-54(33-24-19-17-15-13-11-2)68-59(66)34-25-26-44-63-60(67)50(41-45-64(8)9)30-21-20-22-31-52(47-65)51-39-42-61(6)53(46-51)35-36-55-57-38-37-56(49(5)29-27-28-48(3)4)62(57,7)43-40-58(55)61/h35,47-52,54-58H,10-34,36-46H2,1-9H3,(H,63,67). The predicted molar refractivity (Wildman–Crippen MR) is 289 cm³/mol. The van der Waals surface area contributed by atoms with Crippen LogP contribution in [-0.4, -0.2) is 56.4 Å². The number of fused-ring (bicyclic) bond motifs is 5. The van der Waals surface area contributed by atoms with Gasteiger partial charge in [-0.1, -0.05) is 163 Å².